The summed E-state index contributed by atoms with van der Waals surface area (Å²) in [4.78, 5) is 85.6. The van der Waals surface area contributed by atoms with E-state index in [-0.39, 0.29) is 69.9 Å². The molecule has 0 saturated carbocycles. The van der Waals surface area contributed by atoms with Gasteiger partial charge in [-0.15, -0.1) is 16.4 Å². The number of nitrogens with zero attached hydrogens (tertiary/aromatic N) is 5. The number of hydrogen-bond donors (Lipinski definition) is 8. The summed E-state index contributed by atoms with van der Waals surface area (Å²) in [5.74, 6) is -2.82. The Morgan fingerprint density at radius 1 is 0.962 bits per heavy atom. The van der Waals surface area contributed by atoms with Gasteiger partial charge in [-0.3, -0.25) is 33.2 Å². The third kappa shape index (κ3) is 18.8. The van der Waals surface area contributed by atoms with Gasteiger partial charge < -0.3 is 55.9 Å². The van der Waals surface area contributed by atoms with Gasteiger partial charge in [0.05, 0.1) is 34.4 Å². The molecule has 6 amide bonds. The molecule has 2 aliphatic heterocycles. The number of aliphatic hydroxyl groups excluding tert-OH is 2. The zero-order valence-electron chi connectivity index (χ0n) is 45.4. The smallest absolute Gasteiger partial charge is 0.408 e. The third-order valence-electron chi connectivity index (χ3n) is 13.4. The zero-order valence-corrected chi connectivity index (χ0v) is 47.0. The number of unbranched alkanes of at least 4 members (excludes halogenated alkanes) is 2. The first-order valence-electron chi connectivity index (χ1n) is 26.3. The predicted molar refractivity (Wildman–Crippen MR) is 289 cm³/mol. The molecule has 6 rings (SSSR count). The van der Waals surface area contributed by atoms with Gasteiger partial charge in [0.25, 0.3) is 10.1 Å². The highest BCUT2D eigenvalue weighted by atomic mass is 32.2. The van der Waals surface area contributed by atoms with Gasteiger partial charge in [0, 0.05) is 45.1 Å². The van der Waals surface area contributed by atoms with Gasteiger partial charge in [0.2, 0.25) is 35.0 Å². The molecule has 4 heterocycles. The molecule has 2 saturated heterocycles. The third-order valence-corrected chi connectivity index (χ3v) is 15.3. The summed E-state index contributed by atoms with van der Waals surface area (Å²) >= 11 is 1.56. The Morgan fingerprint density at radius 3 is 2.33 bits per heavy atom. The summed E-state index contributed by atoms with van der Waals surface area (Å²) in [6.07, 6.45) is 2.43. The summed E-state index contributed by atoms with van der Waals surface area (Å²) in [6, 6.07) is 9.93. The molecule has 2 aromatic heterocycles. The van der Waals surface area contributed by atoms with Crippen molar-refractivity contribution in [3.05, 3.63) is 82.8 Å². The second kappa shape index (κ2) is 28.5. The second-order valence-corrected chi connectivity index (χ2v) is 23.8. The van der Waals surface area contributed by atoms with Gasteiger partial charge in [0.15, 0.2) is 0 Å². The highest BCUT2D eigenvalue weighted by molar-refractivity contribution is 7.86. The number of carbonyl (C=O) groups excluding carboxylic acids is 6. The van der Waals surface area contributed by atoms with Crippen molar-refractivity contribution in [2.24, 2.45) is 17.3 Å². The Balaban J connectivity index is 0.858. The molecule has 79 heavy (non-hydrogen) atoms. The van der Waals surface area contributed by atoms with E-state index in [0.717, 1.165) is 34.5 Å². The standard InChI is InChI=1S/C53H74N10O14S2/c1-32(2)22-41(48(67)57-42(51(70)79(72,73)74)23-37-18-19-54-47(37)66)58-52(71)77-28-35-12-16-40(17-13-35)76-29-38-26-62(61-60-38)20-8-7-9-21-75-30-44(65)59-46(53(4,5)6)50(69)63-27-39(64)24-43(63)49(68)55-25-34-10-14-36(15-11-34)45-33(3)56-31-78-45/h10-17,26,31-32,37,39,41-43,46,51,64,70H,7-9,18-25,27-30H2,1-6H3,(H,54,66)(H,55,68)(H,57,67)(H,58,71)(H,59,65)(H,72,73,74)/t37-,39+,41-,42-,43-,46+,51?/m0/s1. The average Bonchev–Trinajstić information content (AvgIpc) is 4.28. The lowest BCUT2D eigenvalue weighted by Crippen LogP contribution is -2.58. The predicted octanol–water partition coefficient (Wildman–Crippen LogP) is 3.14. The number of thiazole rings is 1. The van der Waals surface area contributed by atoms with Crippen LogP contribution in [-0.2, 0) is 69.9 Å². The van der Waals surface area contributed by atoms with E-state index in [0.29, 0.717) is 49.5 Å². The maximum atomic E-state index is 14.0. The van der Waals surface area contributed by atoms with Crippen LogP contribution >= 0.6 is 11.3 Å². The lowest BCUT2D eigenvalue weighted by molar-refractivity contribution is -0.144. The average molecular weight is 1140 g/mol. The highest BCUT2D eigenvalue weighted by Crippen LogP contribution is 2.29. The summed E-state index contributed by atoms with van der Waals surface area (Å²) in [5.41, 5.74) is 2.74. The largest absolute Gasteiger partial charge is 0.487 e. The van der Waals surface area contributed by atoms with Gasteiger partial charge in [-0.1, -0.05) is 76.2 Å². The fraction of sp³-hybridized carbons (Fsp3) is 0.566. The Kier molecular flexibility index (Phi) is 22.3. The molecule has 0 bridgehead atoms. The normalized spacial score (nSPS) is 18.1. The summed E-state index contributed by atoms with van der Waals surface area (Å²) in [5, 5.41) is 42.5. The van der Waals surface area contributed by atoms with Crippen molar-refractivity contribution < 1.29 is 66.2 Å². The van der Waals surface area contributed by atoms with Gasteiger partial charge in [-0.2, -0.15) is 8.42 Å². The van der Waals surface area contributed by atoms with E-state index in [9.17, 15) is 52.0 Å². The van der Waals surface area contributed by atoms with Crippen molar-refractivity contribution in [1.82, 2.24) is 51.5 Å². The Hall–Kier alpha value is -6.58. The minimum absolute atomic E-state index is 0.0345. The highest BCUT2D eigenvalue weighted by Gasteiger charge is 2.45. The molecule has 4 aromatic rings. The van der Waals surface area contributed by atoms with Crippen LogP contribution in [0.3, 0.4) is 0 Å². The van der Waals surface area contributed by atoms with Crippen LogP contribution in [0.2, 0.25) is 0 Å². The molecule has 26 heteroatoms. The van der Waals surface area contributed by atoms with Crippen molar-refractivity contribution in [2.75, 3.05) is 26.3 Å². The number of rotatable bonds is 28. The van der Waals surface area contributed by atoms with Crippen LogP contribution in [-0.4, -0.2) is 146 Å². The molecule has 0 radical (unpaired) electrons. The van der Waals surface area contributed by atoms with Crippen LogP contribution in [0.5, 0.6) is 5.75 Å². The number of aromatic nitrogens is 4. The lowest BCUT2D eigenvalue weighted by atomic mass is 9.85. The van der Waals surface area contributed by atoms with Gasteiger partial charge in [-0.25, -0.2) is 9.78 Å². The van der Waals surface area contributed by atoms with Gasteiger partial charge >= 0.3 is 6.09 Å². The molecule has 2 fully saturated rings. The molecule has 0 aliphatic carbocycles. The topological polar surface area (TPSA) is 332 Å². The molecule has 1 unspecified atom stereocenters. The summed E-state index contributed by atoms with van der Waals surface area (Å²) in [6.45, 7) is 12.2. The second-order valence-electron chi connectivity index (χ2n) is 21.4. The minimum atomic E-state index is -5.01. The number of amides is 6. The number of ether oxygens (including phenoxy) is 3. The van der Waals surface area contributed by atoms with Crippen molar-refractivity contribution >= 4 is 57.1 Å². The molecule has 7 atom stereocenters. The first-order valence-corrected chi connectivity index (χ1v) is 28.7. The van der Waals surface area contributed by atoms with Crippen LogP contribution in [0.4, 0.5) is 4.79 Å². The summed E-state index contributed by atoms with van der Waals surface area (Å²) in [7, 11) is -5.01. The van der Waals surface area contributed by atoms with Crippen LogP contribution in [0.1, 0.15) is 102 Å². The van der Waals surface area contributed by atoms with E-state index in [1.54, 1.807) is 65.8 Å². The van der Waals surface area contributed by atoms with Crippen molar-refractivity contribution in [3.8, 4) is 16.2 Å². The number of carbonyl (C=O) groups is 6. The van der Waals surface area contributed by atoms with Gasteiger partial charge in [0.1, 0.15) is 49.4 Å². The maximum Gasteiger partial charge on any atom is 0.408 e. The molecule has 24 nitrogen and oxygen atoms in total. The van der Waals surface area contributed by atoms with E-state index in [4.69, 9.17) is 14.2 Å². The van der Waals surface area contributed by atoms with Gasteiger partial charge in [-0.05, 0) is 85.6 Å². The number of benzene rings is 2. The Morgan fingerprint density at radius 2 is 1.68 bits per heavy atom. The summed E-state index contributed by atoms with van der Waals surface area (Å²) < 4.78 is 51.7. The van der Waals surface area contributed by atoms with E-state index in [1.165, 1.54) is 4.90 Å². The minimum Gasteiger partial charge on any atom is -0.487 e. The first-order chi connectivity index (χ1) is 37.4. The Bertz CT molecular complexity index is 2800. The monoisotopic (exact) mass is 1140 g/mol. The molecular weight excluding hydrogens is 1060 g/mol. The number of alkyl carbamates (subject to hydrolysis) is 1. The number of β-amino-alcohol motifs (C(OH)–C–C–N with tert-alkyl or cyclic N) is 1. The van der Waals surface area contributed by atoms with Crippen LogP contribution in [0.25, 0.3) is 10.4 Å². The maximum absolute atomic E-state index is 14.0. The van der Waals surface area contributed by atoms with E-state index < -0.39 is 81.0 Å². The molecule has 8 N–H and O–H groups in total. The molecule has 2 aliphatic rings. The number of nitrogens with one attached hydrogen (secondary N) is 5. The first kappa shape index (κ1) is 61.6. The van der Waals surface area contributed by atoms with Crippen molar-refractivity contribution in [1.29, 1.82) is 0 Å². The van der Waals surface area contributed by atoms with Crippen LogP contribution in [0.15, 0.2) is 60.2 Å². The SMILES string of the molecule is Cc1ncsc1-c1ccc(CNC(=O)[C@@H]2C[C@@H](O)CN2C(=O)[C@@H](NC(=O)COCCCCCn2cc(COc3ccc(COC(=O)N[C@@H](CC(C)C)C(=O)N[C@@H](C[C@@H]4CCNC4=O)C(O)S(=O)(=O)O)cc3)nn2)C(C)(C)C)cc1. The zero-order chi connectivity index (χ0) is 57.4. The number of aliphatic hydroxyl groups is 2. The molecule has 0 spiro atoms. The van der Waals surface area contributed by atoms with Crippen molar-refractivity contribution in [3.63, 3.8) is 0 Å². The quantitative estimate of drug-likeness (QED) is 0.0299. The number of aryl methyl sites for hydroxylation is 2. The molecule has 2 aromatic carbocycles. The number of hydrogen-bond acceptors (Lipinski definition) is 17. The van der Waals surface area contributed by atoms with E-state index in [2.05, 4.69) is 41.9 Å². The fourth-order valence-corrected chi connectivity index (χ4v) is 10.5. The van der Waals surface area contributed by atoms with Crippen LogP contribution in [0, 0.1) is 24.2 Å². The lowest BCUT2D eigenvalue weighted by Gasteiger charge is -2.35. The van der Waals surface area contributed by atoms with E-state index >= 15 is 0 Å². The molecular formula is C53H74N10O14S2. The fourth-order valence-electron chi connectivity index (χ4n) is 9.11. The van der Waals surface area contributed by atoms with E-state index in [1.807, 2.05) is 52.0 Å². The molecule has 432 valence electrons. The van der Waals surface area contributed by atoms with Crippen LogP contribution < -0.4 is 31.3 Å². The number of likely N-dealkylation sites (tertiary alicyclic amines) is 1. The Labute approximate surface area is 463 Å². The van der Waals surface area contributed by atoms with Crippen molar-refractivity contribution in [2.45, 2.75) is 148 Å².